The van der Waals surface area contributed by atoms with Gasteiger partial charge in [0.2, 0.25) is 5.91 Å². The fourth-order valence-corrected chi connectivity index (χ4v) is 4.61. The van der Waals surface area contributed by atoms with Crippen LogP contribution in [0.15, 0.2) is 54.6 Å². The van der Waals surface area contributed by atoms with Crippen LogP contribution < -0.4 is 4.90 Å². The third-order valence-electron chi connectivity index (χ3n) is 5.68. The number of ketones is 1. The van der Waals surface area contributed by atoms with Gasteiger partial charge < -0.3 is 9.64 Å². The molecule has 1 amide bonds. The Morgan fingerprint density at radius 2 is 1.82 bits per heavy atom. The number of carbonyl (C=O) groups is 3. The first-order valence-electron chi connectivity index (χ1n) is 8.88. The second-order valence-corrected chi connectivity index (χ2v) is 7.39. The van der Waals surface area contributed by atoms with Crippen LogP contribution in [0.2, 0.25) is 5.02 Å². The molecule has 0 aromatic heterocycles. The minimum atomic E-state index is -1.61. The summed E-state index contributed by atoms with van der Waals surface area (Å²) in [6.45, 7) is 0. The van der Waals surface area contributed by atoms with Gasteiger partial charge in [-0.1, -0.05) is 48.0 Å². The molecular weight excluding hydrogens is 378 g/mol. The highest BCUT2D eigenvalue weighted by Gasteiger charge is 2.63. The molecule has 6 heteroatoms. The molecule has 2 aromatic carbocycles. The molecular formula is C22H18ClNO4. The Labute approximate surface area is 167 Å². The Bertz CT molecular complexity index is 1040. The minimum absolute atomic E-state index is 0.177. The first-order chi connectivity index (χ1) is 13.4. The topological polar surface area (TPSA) is 63.7 Å². The lowest BCUT2D eigenvalue weighted by Crippen LogP contribution is -2.54. The summed E-state index contributed by atoms with van der Waals surface area (Å²) in [6.07, 6.45) is 1.63. The van der Waals surface area contributed by atoms with Crippen LogP contribution in [0.25, 0.3) is 5.57 Å². The lowest BCUT2D eigenvalue weighted by Gasteiger charge is -2.36. The molecule has 28 heavy (non-hydrogen) atoms. The number of methoxy groups -OCH3 is 1. The van der Waals surface area contributed by atoms with E-state index in [4.69, 9.17) is 16.3 Å². The summed E-state index contributed by atoms with van der Waals surface area (Å²) in [5, 5.41) is 0.483. The van der Waals surface area contributed by atoms with E-state index in [1.807, 2.05) is 6.07 Å². The predicted molar refractivity (Wildman–Crippen MR) is 106 cm³/mol. The number of hydrogen-bond acceptors (Lipinski definition) is 4. The first kappa shape index (κ1) is 18.4. The van der Waals surface area contributed by atoms with Crippen LogP contribution in [-0.4, -0.2) is 31.8 Å². The largest absolute Gasteiger partial charge is 0.469 e. The molecule has 142 valence electrons. The standard InChI is InChI=1S/C22H18ClNO4/c1-24-18-10-6-4-8-15(18)22(21(24)27)16(20(26)28-2)11-13(12-19(22)25)14-7-3-5-9-17(14)23/h3-10,12,16H,11H2,1-2H3/t16-,22-/m0/s1. The van der Waals surface area contributed by atoms with Gasteiger partial charge in [-0.3, -0.25) is 14.4 Å². The van der Waals surface area contributed by atoms with E-state index in [-0.39, 0.29) is 6.42 Å². The molecule has 1 spiro atoms. The molecule has 1 aliphatic carbocycles. The Morgan fingerprint density at radius 3 is 2.54 bits per heavy atom. The number of anilines is 1. The van der Waals surface area contributed by atoms with Gasteiger partial charge in [-0.2, -0.15) is 0 Å². The average Bonchev–Trinajstić information content (AvgIpc) is 2.93. The van der Waals surface area contributed by atoms with Crippen LogP contribution in [0.3, 0.4) is 0 Å². The van der Waals surface area contributed by atoms with E-state index in [1.54, 1.807) is 49.5 Å². The second-order valence-electron chi connectivity index (χ2n) is 6.98. The summed E-state index contributed by atoms with van der Waals surface area (Å²) >= 11 is 6.31. The molecule has 1 aliphatic heterocycles. The number of nitrogens with zero attached hydrogens (tertiary/aromatic N) is 1. The number of esters is 1. The van der Waals surface area contributed by atoms with E-state index in [0.29, 0.717) is 27.4 Å². The number of allylic oxidation sites excluding steroid dienone is 2. The van der Waals surface area contributed by atoms with Gasteiger partial charge >= 0.3 is 5.97 Å². The van der Waals surface area contributed by atoms with E-state index in [2.05, 4.69) is 0 Å². The Balaban J connectivity index is 1.96. The number of ether oxygens (including phenoxy) is 1. The Morgan fingerprint density at radius 1 is 1.14 bits per heavy atom. The zero-order valence-electron chi connectivity index (χ0n) is 15.4. The van der Waals surface area contributed by atoms with Gasteiger partial charge in [0.1, 0.15) is 0 Å². The van der Waals surface area contributed by atoms with E-state index in [9.17, 15) is 14.4 Å². The maximum absolute atomic E-state index is 13.5. The van der Waals surface area contributed by atoms with Crippen LogP contribution in [0.1, 0.15) is 17.5 Å². The summed E-state index contributed by atoms with van der Waals surface area (Å²) < 4.78 is 5.02. The maximum Gasteiger partial charge on any atom is 0.310 e. The number of amides is 1. The van der Waals surface area contributed by atoms with Crippen molar-refractivity contribution in [2.75, 3.05) is 19.1 Å². The number of halogens is 1. The molecule has 0 fully saturated rings. The van der Waals surface area contributed by atoms with E-state index in [1.165, 1.54) is 18.1 Å². The lowest BCUT2D eigenvalue weighted by molar-refractivity contribution is -0.154. The molecule has 2 aliphatic rings. The maximum atomic E-state index is 13.5. The quantitative estimate of drug-likeness (QED) is 0.577. The van der Waals surface area contributed by atoms with E-state index in [0.717, 1.165) is 0 Å². The van der Waals surface area contributed by atoms with Crippen molar-refractivity contribution < 1.29 is 19.1 Å². The molecule has 0 saturated carbocycles. The highest BCUT2D eigenvalue weighted by molar-refractivity contribution is 6.33. The summed E-state index contributed by atoms with van der Waals surface area (Å²) in [5.41, 5.74) is 0.856. The number of carbonyl (C=O) groups excluding carboxylic acids is 3. The van der Waals surface area contributed by atoms with Gasteiger partial charge in [0.25, 0.3) is 0 Å². The van der Waals surface area contributed by atoms with E-state index < -0.39 is 29.0 Å². The van der Waals surface area contributed by atoms with Crippen LogP contribution in [-0.2, 0) is 24.5 Å². The fourth-order valence-electron chi connectivity index (χ4n) is 4.35. The van der Waals surface area contributed by atoms with Gasteiger partial charge in [0.05, 0.1) is 13.0 Å². The van der Waals surface area contributed by atoms with Crippen molar-refractivity contribution >= 4 is 40.5 Å². The highest BCUT2D eigenvalue weighted by atomic mass is 35.5. The third-order valence-corrected chi connectivity index (χ3v) is 6.01. The summed E-state index contributed by atoms with van der Waals surface area (Å²) in [4.78, 5) is 41.1. The molecule has 4 rings (SSSR count). The summed E-state index contributed by atoms with van der Waals surface area (Å²) in [6, 6.07) is 14.2. The lowest BCUT2D eigenvalue weighted by atomic mass is 9.62. The number of rotatable bonds is 2. The molecule has 2 atom stereocenters. The second kappa shape index (κ2) is 6.60. The summed E-state index contributed by atoms with van der Waals surface area (Å²) in [5.74, 6) is -2.40. The Kier molecular flexibility index (Phi) is 4.35. The fraction of sp³-hybridized carbons (Fsp3) is 0.227. The normalized spacial score (nSPS) is 23.6. The summed E-state index contributed by atoms with van der Waals surface area (Å²) in [7, 11) is 2.88. The highest BCUT2D eigenvalue weighted by Crippen LogP contribution is 2.52. The predicted octanol–water partition coefficient (Wildman–Crippen LogP) is 3.40. The van der Waals surface area contributed by atoms with Crippen LogP contribution in [0, 0.1) is 5.92 Å². The third kappa shape index (κ3) is 2.36. The van der Waals surface area contributed by atoms with Crippen LogP contribution >= 0.6 is 11.6 Å². The molecule has 0 unspecified atom stereocenters. The zero-order valence-corrected chi connectivity index (χ0v) is 16.2. The number of fused-ring (bicyclic) bond motifs is 2. The van der Waals surface area contributed by atoms with Gasteiger partial charge in [-0.05, 0) is 35.8 Å². The molecule has 1 heterocycles. The zero-order chi connectivity index (χ0) is 20.1. The van der Waals surface area contributed by atoms with Crippen molar-refractivity contribution in [1.82, 2.24) is 0 Å². The van der Waals surface area contributed by atoms with Crippen molar-refractivity contribution in [1.29, 1.82) is 0 Å². The van der Waals surface area contributed by atoms with Crippen molar-refractivity contribution in [2.24, 2.45) is 5.92 Å². The van der Waals surface area contributed by atoms with Crippen molar-refractivity contribution in [3.8, 4) is 0 Å². The number of hydrogen-bond donors (Lipinski definition) is 0. The molecule has 0 saturated heterocycles. The molecule has 0 N–H and O–H groups in total. The van der Waals surface area contributed by atoms with Crippen molar-refractivity contribution in [2.45, 2.75) is 11.8 Å². The van der Waals surface area contributed by atoms with E-state index >= 15 is 0 Å². The average molecular weight is 396 g/mol. The molecule has 0 radical (unpaired) electrons. The van der Waals surface area contributed by atoms with Gasteiger partial charge in [0.15, 0.2) is 11.2 Å². The number of benzene rings is 2. The van der Waals surface area contributed by atoms with Gasteiger partial charge in [-0.25, -0.2) is 0 Å². The number of para-hydroxylation sites is 1. The van der Waals surface area contributed by atoms with Crippen molar-refractivity contribution in [3.63, 3.8) is 0 Å². The molecule has 5 nitrogen and oxygen atoms in total. The first-order valence-corrected chi connectivity index (χ1v) is 9.26. The monoisotopic (exact) mass is 395 g/mol. The minimum Gasteiger partial charge on any atom is -0.469 e. The molecule has 2 aromatic rings. The van der Waals surface area contributed by atoms with Gasteiger partial charge in [0, 0.05) is 23.3 Å². The van der Waals surface area contributed by atoms with Gasteiger partial charge in [-0.15, -0.1) is 0 Å². The van der Waals surface area contributed by atoms with Crippen molar-refractivity contribution in [3.05, 3.63) is 70.8 Å². The molecule has 0 bridgehead atoms. The van der Waals surface area contributed by atoms with Crippen LogP contribution in [0.5, 0.6) is 0 Å². The van der Waals surface area contributed by atoms with Crippen LogP contribution in [0.4, 0.5) is 5.69 Å². The smallest absolute Gasteiger partial charge is 0.310 e. The number of likely N-dealkylation sites (N-methyl/N-ethyl adjacent to an activating group) is 1. The Hall–Kier alpha value is -2.92. The SMILES string of the molecule is COC(=O)[C@@H]1CC(c2ccccc2Cl)=CC(=O)[C@@]12C(=O)N(C)c1ccccc12.